The lowest BCUT2D eigenvalue weighted by Crippen LogP contribution is -2.26. The Kier molecular flexibility index (Phi) is 8.65. The van der Waals surface area contributed by atoms with Gasteiger partial charge in [0.15, 0.2) is 17.0 Å². The highest BCUT2D eigenvalue weighted by Crippen LogP contribution is 2.28. The molecular formula is C20H32Cl2N6O2. The minimum Gasteiger partial charge on any atom is -0.480 e. The summed E-state index contributed by atoms with van der Waals surface area (Å²) in [5.41, 5.74) is 0.963. The summed E-state index contributed by atoms with van der Waals surface area (Å²) < 4.78 is 9.42. The lowest BCUT2D eigenvalue weighted by molar-refractivity contribution is 0.193. The molecule has 1 atom stereocenters. The molecular weight excluding hydrogens is 427 g/mol. The van der Waals surface area contributed by atoms with Crippen LogP contribution in [0.25, 0.3) is 11.2 Å². The number of nitrogens with one attached hydrogen (secondary N) is 1. The molecule has 0 bridgehead atoms. The highest BCUT2D eigenvalue weighted by Gasteiger charge is 2.20. The third-order valence-corrected chi connectivity index (χ3v) is 6.22. The minimum absolute atomic E-state index is 0.00809. The number of halogens is 2. The molecule has 1 aliphatic heterocycles. The van der Waals surface area contributed by atoms with E-state index >= 15 is 0 Å². The van der Waals surface area contributed by atoms with Crippen LogP contribution >= 0.6 is 23.6 Å². The lowest BCUT2D eigenvalue weighted by Gasteiger charge is -2.26. The first-order valence-electron chi connectivity index (χ1n) is 10.9. The zero-order chi connectivity index (χ0) is 21.5. The van der Waals surface area contributed by atoms with Gasteiger partial charge in [0.2, 0.25) is 0 Å². The number of piperidine rings is 1. The van der Waals surface area contributed by atoms with E-state index in [1.807, 2.05) is 11.3 Å². The Bertz CT molecular complexity index is 810. The Balaban J connectivity index is 1.61. The van der Waals surface area contributed by atoms with Crippen LogP contribution in [0, 0.1) is 5.92 Å². The normalized spacial score (nSPS) is 16.8. The number of ether oxygens (including phenoxy) is 1. The molecule has 0 spiro atoms. The molecule has 10 heteroatoms. The van der Waals surface area contributed by atoms with Gasteiger partial charge in [-0.25, -0.2) is 4.42 Å². The summed E-state index contributed by atoms with van der Waals surface area (Å²) in [7, 11) is 0. The van der Waals surface area contributed by atoms with E-state index < -0.39 is 0 Å². The largest absolute Gasteiger partial charge is 0.480 e. The lowest BCUT2D eigenvalue weighted by atomic mass is 9.92. The van der Waals surface area contributed by atoms with Crippen molar-refractivity contribution >= 4 is 40.5 Å². The maximum Gasteiger partial charge on any atom is 0.320 e. The molecule has 0 saturated carbocycles. The second-order valence-electron chi connectivity index (χ2n) is 8.10. The monoisotopic (exact) mass is 458 g/mol. The predicted octanol–water partition coefficient (Wildman–Crippen LogP) is 5.09. The summed E-state index contributed by atoms with van der Waals surface area (Å²) in [6.07, 6.45) is 8.69. The molecule has 0 amide bonds. The van der Waals surface area contributed by atoms with Gasteiger partial charge < -0.3 is 9.84 Å². The summed E-state index contributed by atoms with van der Waals surface area (Å²) in [5.74, 6) is 1.11. The van der Waals surface area contributed by atoms with Gasteiger partial charge in [-0.3, -0.25) is 9.40 Å². The predicted molar refractivity (Wildman–Crippen MR) is 120 cm³/mol. The number of fused-ring (bicyclic) bond motifs is 1. The van der Waals surface area contributed by atoms with E-state index in [-0.39, 0.29) is 18.1 Å². The highest BCUT2D eigenvalue weighted by atomic mass is 35.5. The zero-order valence-corrected chi connectivity index (χ0v) is 19.3. The molecule has 0 unspecified atom stereocenters. The Morgan fingerprint density at radius 2 is 1.97 bits per heavy atom. The SMILES string of the molecule is CCC[C@H](C)Oc1nc(NCl)c2nc(O)n(CCCCCC3CCN(Cl)CC3)c2n1. The van der Waals surface area contributed by atoms with Gasteiger partial charge in [0.25, 0.3) is 6.01 Å². The molecule has 1 aliphatic rings. The zero-order valence-electron chi connectivity index (χ0n) is 17.8. The molecule has 168 valence electrons. The summed E-state index contributed by atoms with van der Waals surface area (Å²) >= 11 is 11.9. The molecule has 8 nitrogen and oxygen atoms in total. The van der Waals surface area contributed by atoms with Crippen molar-refractivity contribution in [2.24, 2.45) is 5.92 Å². The number of imidazole rings is 1. The van der Waals surface area contributed by atoms with Crippen molar-refractivity contribution in [1.29, 1.82) is 0 Å². The van der Waals surface area contributed by atoms with E-state index in [1.165, 1.54) is 25.7 Å². The number of aryl methyl sites for hydroxylation is 1. The third-order valence-electron chi connectivity index (χ3n) is 5.70. The number of aromatic hydroxyl groups is 1. The molecule has 0 radical (unpaired) electrons. The number of aromatic nitrogens is 4. The minimum atomic E-state index is -0.0827. The molecule has 3 heterocycles. The van der Waals surface area contributed by atoms with E-state index in [4.69, 9.17) is 28.3 Å². The molecule has 0 aliphatic carbocycles. The van der Waals surface area contributed by atoms with Crippen molar-refractivity contribution in [3.8, 4) is 12.0 Å². The molecule has 1 fully saturated rings. The van der Waals surface area contributed by atoms with Crippen LogP contribution in [-0.2, 0) is 6.54 Å². The maximum atomic E-state index is 10.4. The fourth-order valence-corrected chi connectivity index (χ4v) is 4.34. The van der Waals surface area contributed by atoms with Crippen LogP contribution in [0.1, 0.15) is 65.2 Å². The maximum absolute atomic E-state index is 10.4. The first kappa shape index (κ1) is 23.2. The summed E-state index contributed by atoms with van der Waals surface area (Å²) in [5, 5.41) is 10.4. The average molecular weight is 459 g/mol. The topological polar surface area (TPSA) is 88.3 Å². The summed E-state index contributed by atoms with van der Waals surface area (Å²) in [6.45, 7) is 6.68. The number of hydrogen-bond acceptors (Lipinski definition) is 7. The molecule has 30 heavy (non-hydrogen) atoms. The van der Waals surface area contributed by atoms with Gasteiger partial charge in [0, 0.05) is 31.4 Å². The molecule has 1 saturated heterocycles. The smallest absolute Gasteiger partial charge is 0.320 e. The van der Waals surface area contributed by atoms with Crippen molar-refractivity contribution in [1.82, 2.24) is 23.9 Å². The van der Waals surface area contributed by atoms with Crippen molar-refractivity contribution in [2.75, 3.05) is 17.9 Å². The van der Waals surface area contributed by atoms with Crippen molar-refractivity contribution in [3.05, 3.63) is 0 Å². The second-order valence-corrected chi connectivity index (χ2v) is 8.77. The van der Waals surface area contributed by atoms with Gasteiger partial charge in [-0.1, -0.05) is 32.6 Å². The molecule has 3 rings (SSSR count). The first-order valence-corrected chi connectivity index (χ1v) is 11.6. The van der Waals surface area contributed by atoms with Gasteiger partial charge in [0.05, 0.1) is 6.10 Å². The Labute approximate surface area is 188 Å². The van der Waals surface area contributed by atoms with E-state index in [2.05, 4.69) is 26.7 Å². The Morgan fingerprint density at radius 1 is 1.20 bits per heavy atom. The van der Waals surface area contributed by atoms with E-state index in [0.717, 1.165) is 44.7 Å². The van der Waals surface area contributed by atoms with Crippen LogP contribution in [0.5, 0.6) is 12.0 Å². The number of hydrogen-bond donors (Lipinski definition) is 2. The van der Waals surface area contributed by atoms with Gasteiger partial charge >= 0.3 is 6.01 Å². The summed E-state index contributed by atoms with van der Waals surface area (Å²) in [4.78, 5) is 15.5. The van der Waals surface area contributed by atoms with Crippen LogP contribution in [0.3, 0.4) is 0 Å². The quantitative estimate of drug-likeness (QED) is 0.357. The van der Waals surface area contributed by atoms with Crippen molar-refractivity contribution < 1.29 is 9.84 Å². The van der Waals surface area contributed by atoms with Crippen molar-refractivity contribution in [3.63, 3.8) is 0 Å². The molecule has 2 aromatic heterocycles. The van der Waals surface area contributed by atoms with Gasteiger partial charge in [-0.15, -0.1) is 0 Å². The number of nitrogens with zero attached hydrogens (tertiary/aromatic N) is 5. The number of anilines is 1. The second kappa shape index (κ2) is 11.2. The third kappa shape index (κ3) is 6.02. The van der Waals surface area contributed by atoms with Crippen LogP contribution in [-0.4, -0.2) is 48.2 Å². The van der Waals surface area contributed by atoms with Crippen LogP contribution < -0.4 is 9.57 Å². The van der Waals surface area contributed by atoms with Crippen LogP contribution in [0.2, 0.25) is 0 Å². The van der Waals surface area contributed by atoms with E-state index in [9.17, 15) is 5.11 Å². The molecule has 2 aromatic rings. The Morgan fingerprint density at radius 3 is 2.67 bits per heavy atom. The average Bonchev–Trinajstić information content (AvgIpc) is 3.04. The Hall–Kier alpha value is -1.51. The van der Waals surface area contributed by atoms with Gasteiger partial charge in [-0.05, 0) is 50.3 Å². The number of rotatable bonds is 11. The summed E-state index contributed by atoms with van der Waals surface area (Å²) in [6, 6.07) is 0.152. The van der Waals surface area contributed by atoms with Gasteiger partial charge in [-0.2, -0.15) is 15.0 Å². The van der Waals surface area contributed by atoms with E-state index in [0.29, 0.717) is 23.5 Å². The van der Waals surface area contributed by atoms with Crippen LogP contribution in [0.15, 0.2) is 0 Å². The van der Waals surface area contributed by atoms with E-state index in [1.54, 1.807) is 4.57 Å². The number of unbranched alkanes of at least 4 members (excludes halogenated alkanes) is 2. The van der Waals surface area contributed by atoms with Gasteiger partial charge in [0.1, 0.15) is 0 Å². The fraction of sp³-hybridized carbons (Fsp3) is 0.750. The fourth-order valence-electron chi connectivity index (χ4n) is 4.01. The highest BCUT2D eigenvalue weighted by molar-refractivity contribution is 6.25. The molecule has 2 N–H and O–H groups in total. The first-order chi connectivity index (χ1) is 14.5. The van der Waals surface area contributed by atoms with Crippen molar-refractivity contribution in [2.45, 2.75) is 77.9 Å². The van der Waals surface area contributed by atoms with Crippen LogP contribution in [0.4, 0.5) is 5.82 Å². The standard InChI is InChI=1S/C20H32Cl2N6O2/c1-3-7-14(2)30-19-24-17(26-21)16-18(25-19)28(20(29)23-16)11-6-4-5-8-15-9-12-27(22)13-10-15/h14-15H,3-13H2,1-2H3,(H,23,29)(H,24,25,26)/t14-/m0/s1. The molecule has 0 aromatic carbocycles.